The zero-order valence-electron chi connectivity index (χ0n) is 21.7. The minimum atomic E-state index is -3.58. The molecule has 2 aromatic rings. The Morgan fingerprint density at radius 2 is 1.69 bits per heavy atom. The molecule has 0 aliphatic carbocycles. The first-order chi connectivity index (χ1) is 17.1. The fourth-order valence-corrected chi connectivity index (χ4v) is 4.63. The molecule has 2 amide bonds. The van der Waals surface area contributed by atoms with E-state index in [0.717, 1.165) is 18.2 Å². The zero-order valence-corrected chi connectivity index (χ0v) is 22.5. The van der Waals surface area contributed by atoms with E-state index in [-0.39, 0.29) is 37.7 Å². The third-order valence-electron chi connectivity index (χ3n) is 5.72. The molecule has 36 heavy (non-hydrogen) atoms. The second-order valence-corrected chi connectivity index (χ2v) is 10.4. The van der Waals surface area contributed by atoms with Crippen LogP contribution in [0.15, 0.2) is 48.5 Å². The van der Waals surface area contributed by atoms with Gasteiger partial charge in [0.15, 0.2) is 0 Å². The number of nitrogens with zero attached hydrogens (tertiary/aromatic N) is 2. The third kappa shape index (κ3) is 8.44. The van der Waals surface area contributed by atoms with Crippen molar-refractivity contribution in [2.24, 2.45) is 0 Å². The molecule has 10 heteroatoms. The van der Waals surface area contributed by atoms with Gasteiger partial charge >= 0.3 is 0 Å². The number of hydrogen-bond donors (Lipinski definition) is 1. The summed E-state index contributed by atoms with van der Waals surface area (Å²) in [7, 11) is -0.488. The van der Waals surface area contributed by atoms with Crippen LogP contribution in [0.25, 0.3) is 0 Å². The van der Waals surface area contributed by atoms with Crippen LogP contribution < -0.4 is 19.1 Å². The van der Waals surface area contributed by atoms with Gasteiger partial charge < -0.3 is 19.7 Å². The van der Waals surface area contributed by atoms with E-state index in [4.69, 9.17) is 9.47 Å². The lowest BCUT2D eigenvalue weighted by Gasteiger charge is -2.29. The smallest absolute Gasteiger partial charge is 0.242 e. The van der Waals surface area contributed by atoms with Crippen molar-refractivity contribution < 1.29 is 27.5 Å². The van der Waals surface area contributed by atoms with Crippen LogP contribution in [-0.4, -0.2) is 64.7 Å². The standard InChI is InChI=1S/C26H37N3O6S/c1-6-16-27-26(31)20(2)28(19-21-12-14-23(34-3)15-13-21)25(30)11-8-17-29(36(5,32)33)22-9-7-10-24(18-22)35-4/h7,9-10,12-15,18,20H,6,8,11,16-17,19H2,1-5H3,(H,27,31)/t20-/m0/s1. The Labute approximate surface area is 214 Å². The van der Waals surface area contributed by atoms with Gasteiger partial charge in [-0.2, -0.15) is 0 Å². The predicted molar refractivity (Wildman–Crippen MR) is 141 cm³/mol. The van der Waals surface area contributed by atoms with Gasteiger partial charge in [0, 0.05) is 32.1 Å². The van der Waals surface area contributed by atoms with Gasteiger partial charge in [-0.3, -0.25) is 13.9 Å². The summed E-state index contributed by atoms with van der Waals surface area (Å²) in [6.45, 7) is 4.55. The van der Waals surface area contributed by atoms with Gasteiger partial charge in [-0.05, 0) is 49.6 Å². The van der Waals surface area contributed by atoms with Crippen LogP contribution in [0.3, 0.4) is 0 Å². The average molecular weight is 520 g/mol. The minimum Gasteiger partial charge on any atom is -0.497 e. The van der Waals surface area contributed by atoms with Gasteiger partial charge in [-0.25, -0.2) is 8.42 Å². The topological polar surface area (TPSA) is 105 Å². The number of ether oxygens (including phenoxy) is 2. The molecule has 0 spiro atoms. The van der Waals surface area contributed by atoms with Crippen molar-refractivity contribution in [2.75, 3.05) is 37.9 Å². The van der Waals surface area contributed by atoms with Crippen molar-refractivity contribution in [1.82, 2.24) is 10.2 Å². The van der Waals surface area contributed by atoms with E-state index >= 15 is 0 Å². The van der Waals surface area contributed by atoms with E-state index < -0.39 is 16.1 Å². The number of benzene rings is 2. The number of rotatable bonds is 14. The Bertz CT molecular complexity index is 1100. The summed E-state index contributed by atoms with van der Waals surface area (Å²) in [4.78, 5) is 27.5. The van der Waals surface area contributed by atoms with Crippen molar-refractivity contribution in [1.29, 1.82) is 0 Å². The molecule has 0 fully saturated rings. The van der Waals surface area contributed by atoms with Crippen LogP contribution in [0.1, 0.15) is 38.7 Å². The monoisotopic (exact) mass is 519 g/mol. The molecule has 0 heterocycles. The Balaban J connectivity index is 2.16. The number of hydrogen-bond acceptors (Lipinski definition) is 6. The van der Waals surface area contributed by atoms with E-state index in [1.807, 2.05) is 19.1 Å². The summed E-state index contributed by atoms with van der Waals surface area (Å²) in [5.41, 5.74) is 1.32. The van der Waals surface area contributed by atoms with E-state index in [9.17, 15) is 18.0 Å². The Kier molecular flexibility index (Phi) is 11.0. The molecule has 0 unspecified atom stereocenters. The second-order valence-electron chi connectivity index (χ2n) is 8.48. The van der Waals surface area contributed by atoms with Crippen LogP contribution in [0.4, 0.5) is 5.69 Å². The molecule has 0 radical (unpaired) electrons. The summed E-state index contributed by atoms with van der Waals surface area (Å²) in [5.74, 6) is 0.774. The average Bonchev–Trinajstić information content (AvgIpc) is 2.87. The number of anilines is 1. The zero-order chi connectivity index (χ0) is 26.7. The molecule has 0 bridgehead atoms. The molecule has 0 aliphatic rings. The van der Waals surface area contributed by atoms with Crippen LogP contribution in [-0.2, 0) is 26.2 Å². The van der Waals surface area contributed by atoms with Gasteiger partial charge in [0.1, 0.15) is 17.5 Å². The maximum Gasteiger partial charge on any atom is 0.242 e. The first-order valence-corrected chi connectivity index (χ1v) is 13.8. The number of carbonyl (C=O) groups excluding carboxylic acids is 2. The Hall–Kier alpha value is -3.27. The lowest BCUT2D eigenvalue weighted by molar-refractivity contribution is -0.140. The summed E-state index contributed by atoms with van der Waals surface area (Å²) in [5, 5.41) is 2.85. The Morgan fingerprint density at radius 3 is 2.28 bits per heavy atom. The van der Waals surface area contributed by atoms with E-state index in [1.54, 1.807) is 50.4 Å². The van der Waals surface area contributed by atoms with E-state index in [0.29, 0.717) is 23.7 Å². The van der Waals surface area contributed by atoms with Gasteiger partial charge in [-0.15, -0.1) is 0 Å². The highest BCUT2D eigenvalue weighted by Crippen LogP contribution is 2.24. The first kappa shape index (κ1) is 29.0. The third-order valence-corrected chi connectivity index (χ3v) is 6.92. The highest BCUT2D eigenvalue weighted by atomic mass is 32.2. The number of nitrogens with one attached hydrogen (secondary N) is 1. The van der Waals surface area contributed by atoms with E-state index in [1.165, 1.54) is 16.3 Å². The quantitative estimate of drug-likeness (QED) is 0.411. The van der Waals surface area contributed by atoms with E-state index in [2.05, 4.69) is 5.32 Å². The van der Waals surface area contributed by atoms with Gasteiger partial charge in [0.25, 0.3) is 0 Å². The van der Waals surface area contributed by atoms with Crippen molar-refractivity contribution in [3.63, 3.8) is 0 Å². The molecule has 2 rings (SSSR count). The molecule has 0 aromatic heterocycles. The van der Waals surface area contributed by atoms with Crippen LogP contribution in [0.2, 0.25) is 0 Å². The van der Waals surface area contributed by atoms with Gasteiger partial charge in [0.05, 0.1) is 26.2 Å². The van der Waals surface area contributed by atoms with Crippen LogP contribution in [0.5, 0.6) is 11.5 Å². The molecule has 9 nitrogen and oxygen atoms in total. The SMILES string of the molecule is CCCNC(=O)[C@H](C)N(Cc1ccc(OC)cc1)C(=O)CCCN(c1cccc(OC)c1)S(C)(=O)=O. The number of methoxy groups -OCH3 is 2. The lowest BCUT2D eigenvalue weighted by atomic mass is 10.1. The normalized spacial score (nSPS) is 11.9. The molecule has 1 atom stereocenters. The maximum absolute atomic E-state index is 13.3. The first-order valence-electron chi connectivity index (χ1n) is 11.9. The summed E-state index contributed by atoms with van der Waals surface area (Å²) in [6.07, 6.45) is 2.28. The number of carbonyl (C=O) groups is 2. The lowest BCUT2D eigenvalue weighted by Crippen LogP contribution is -2.47. The molecule has 1 N–H and O–H groups in total. The summed E-state index contributed by atoms with van der Waals surface area (Å²) >= 11 is 0. The van der Waals surface area contributed by atoms with Crippen LogP contribution in [0, 0.1) is 0 Å². The highest BCUT2D eigenvalue weighted by molar-refractivity contribution is 7.92. The van der Waals surface area contributed by atoms with Gasteiger partial charge in [-0.1, -0.05) is 25.1 Å². The number of sulfonamides is 1. The maximum atomic E-state index is 13.3. The molecule has 198 valence electrons. The molecule has 0 saturated carbocycles. The van der Waals surface area contributed by atoms with Crippen molar-refractivity contribution in [2.45, 2.75) is 45.7 Å². The van der Waals surface area contributed by atoms with Crippen molar-refractivity contribution in [3.8, 4) is 11.5 Å². The minimum absolute atomic E-state index is 0.0809. The molecular weight excluding hydrogens is 482 g/mol. The molecule has 0 saturated heterocycles. The fourth-order valence-electron chi connectivity index (χ4n) is 3.68. The predicted octanol–water partition coefficient (Wildman–Crippen LogP) is 3.19. The number of amides is 2. The van der Waals surface area contributed by atoms with Crippen molar-refractivity contribution in [3.05, 3.63) is 54.1 Å². The largest absolute Gasteiger partial charge is 0.497 e. The second kappa shape index (κ2) is 13.7. The summed E-state index contributed by atoms with van der Waals surface area (Å²) in [6, 6.07) is 13.4. The summed E-state index contributed by atoms with van der Waals surface area (Å²) < 4.78 is 36.6. The van der Waals surface area contributed by atoms with Crippen LogP contribution >= 0.6 is 0 Å². The highest BCUT2D eigenvalue weighted by Gasteiger charge is 2.26. The van der Waals surface area contributed by atoms with Gasteiger partial charge in [0.2, 0.25) is 21.8 Å². The molecule has 2 aromatic carbocycles. The molecular formula is C26H37N3O6S. The fraction of sp³-hybridized carbons (Fsp3) is 0.462. The Morgan fingerprint density at radius 1 is 1.03 bits per heavy atom. The molecule has 0 aliphatic heterocycles. The van der Waals surface area contributed by atoms with Crippen molar-refractivity contribution >= 4 is 27.5 Å².